The molecule has 3 heterocycles. The molecule has 0 spiro atoms. The lowest BCUT2D eigenvalue weighted by atomic mass is 9.91. The zero-order valence-electron chi connectivity index (χ0n) is 18.0. The predicted molar refractivity (Wildman–Crippen MR) is 116 cm³/mol. The van der Waals surface area contributed by atoms with Gasteiger partial charge in [-0.1, -0.05) is 13.0 Å². The lowest BCUT2D eigenvalue weighted by Gasteiger charge is -2.41. The minimum atomic E-state index is -0.432. The van der Waals surface area contributed by atoms with E-state index in [4.69, 9.17) is 9.47 Å². The van der Waals surface area contributed by atoms with E-state index in [9.17, 15) is 9.59 Å². The molecule has 1 unspecified atom stereocenters. The summed E-state index contributed by atoms with van der Waals surface area (Å²) in [5, 5.41) is 2.79. The van der Waals surface area contributed by atoms with Gasteiger partial charge >= 0.3 is 0 Å². The quantitative estimate of drug-likeness (QED) is 0.803. The minimum Gasteiger partial charge on any atom is -0.489 e. The first kappa shape index (κ1) is 20.5. The highest BCUT2D eigenvalue weighted by molar-refractivity contribution is 6.01. The van der Waals surface area contributed by atoms with Crippen molar-refractivity contribution >= 4 is 11.8 Å². The molecule has 1 aliphatic carbocycles. The number of piperidine rings is 1. The van der Waals surface area contributed by atoms with Crippen molar-refractivity contribution in [3.05, 3.63) is 41.6 Å². The van der Waals surface area contributed by atoms with Gasteiger partial charge in [-0.2, -0.15) is 0 Å². The van der Waals surface area contributed by atoms with E-state index in [-0.39, 0.29) is 17.9 Å². The summed E-state index contributed by atoms with van der Waals surface area (Å²) in [7, 11) is 0. The topological polar surface area (TPSA) is 71.1 Å². The van der Waals surface area contributed by atoms with Crippen LogP contribution in [0.5, 0.6) is 5.75 Å². The van der Waals surface area contributed by atoms with Crippen LogP contribution in [0.15, 0.2) is 30.5 Å². The van der Waals surface area contributed by atoms with Crippen molar-refractivity contribution in [3.63, 3.8) is 0 Å². The Morgan fingerprint density at radius 1 is 1.10 bits per heavy atom. The number of amides is 2. The average Bonchev–Trinajstić information content (AvgIpc) is 3.10. The summed E-state index contributed by atoms with van der Waals surface area (Å²) in [6.45, 7) is 7.80. The average molecular weight is 426 g/mol. The maximum absolute atomic E-state index is 12.9. The maximum atomic E-state index is 12.9. The number of benzene rings is 1. The van der Waals surface area contributed by atoms with Crippen molar-refractivity contribution < 1.29 is 19.1 Å². The van der Waals surface area contributed by atoms with Crippen LogP contribution in [0, 0.1) is 0 Å². The number of rotatable bonds is 4. The van der Waals surface area contributed by atoms with Crippen LogP contribution < -0.4 is 10.1 Å². The molecular formula is C24H31N3O4. The molecule has 3 fully saturated rings. The molecule has 3 aliphatic heterocycles. The van der Waals surface area contributed by atoms with Gasteiger partial charge in [-0.05, 0) is 55.9 Å². The second-order valence-corrected chi connectivity index (χ2v) is 9.06. The zero-order valence-corrected chi connectivity index (χ0v) is 18.0. The Bertz CT molecular complexity index is 880. The fourth-order valence-electron chi connectivity index (χ4n) is 5.42. The molecule has 2 saturated heterocycles. The van der Waals surface area contributed by atoms with Gasteiger partial charge in [-0.3, -0.25) is 14.5 Å². The van der Waals surface area contributed by atoms with Gasteiger partial charge < -0.3 is 19.7 Å². The van der Waals surface area contributed by atoms with E-state index in [1.54, 1.807) is 4.90 Å². The zero-order chi connectivity index (χ0) is 21.4. The summed E-state index contributed by atoms with van der Waals surface area (Å²) < 4.78 is 12.0. The summed E-state index contributed by atoms with van der Waals surface area (Å²) >= 11 is 0. The van der Waals surface area contributed by atoms with Crippen LogP contribution in [0.25, 0.3) is 0 Å². The Kier molecular flexibility index (Phi) is 5.71. The first-order valence-electron chi connectivity index (χ1n) is 11.5. The van der Waals surface area contributed by atoms with Gasteiger partial charge in [0.15, 0.2) is 0 Å². The second kappa shape index (κ2) is 8.63. The van der Waals surface area contributed by atoms with Crippen molar-refractivity contribution in [2.75, 3.05) is 26.3 Å². The molecule has 1 aromatic rings. The third kappa shape index (κ3) is 4.08. The van der Waals surface area contributed by atoms with Gasteiger partial charge in [-0.15, -0.1) is 0 Å². The molecule has 1 N–H and O–H groups in total. The highest BCUT2D eigenvalue weighted by Crippen LogP contribution is 2.33. The molecule has 0 radical (unpaired) electrons. The molecule has 166 valence electrons. The van der Waals surface area contributed by atoms with E-state index in [1.165, 1.54) is 12.8 Å². The number of nitrogens with one attached hydrogen (secondary N) is 1. The number of hydrogen-bond acceptors (Lipinski definition) is 5. The Morgan fingerprint density at radius 2 is 1.90 bits per heavy atom. The molecule has 4 aliphatic rings. The highest BCUT2D eigenvalue weighted by atomic mass is 16.5. The van der Waals surface area contributed by atoms with E-state index < -0.39 is 6.04 Å². The Labute approximate surface area is 183 Å². The van der Waals surface area contributed by atoms with Crippen LogP contribution in [0.1, 0.15) is 54.4 Å². The lowest BCUT2D eigenvalue weighted by Crippen LogP contribution is -2.52. The lowest BCUT2D eigenvalue weighted by molar-refractivity contribution is -0.126. The number of morpholine rings is 1. The number of hydrogen-bond donors (Lipinski definition) is 1. The summed E-state index contributed by atoms with van der Waals surface area (Å²) in [4.78, 5) is 29.6. The molecule has 2 amide bonds. The number of carbonyl (C=O) groups excluding carboxylic acids is 2. The van der Waals surface area contributed by atoms with Crippen molar-refractivity contribution in [1.29, 1.82) is 0 Å². The third-order valence-corrected chi connectivity index (χ3v) is 7.08. The van der Waals surface area contributed by atoms with Crippen LogP contribution >= 0.6 is 0 Å². The fraction of sp³-hybridized carbons (Fsp3) is 0.583. The normalized spacial score (nSPS) is 29.6. The monoisotopic (exact) mass is 425 g/mol. The number of ether oxygens (including phenoxy) is 2. The van der Waals surface area contributed by atoms with Crippen LogP contribution in [-0.2, 0) is 16.1 Å². The largest absolute Gasteiger partial charge is 0.489 e. The Hall–Kier alpha value is -2.38. The standard InChI is InChI=1S/C24H31N3O4/c1-16-6-9-21(23(28)25-16)27-15-17-14-18(7-8-19(17)24(27)29)31-22-5-3-2-4-20(22)26-10-12-30-13-11-26/h7-8,14,20-22H,1-6,9-13,15H2,(H,25,28)/t20-,21?,22+/m0/s1. The van der Waals surface area contributed by atoms with Crippen LogP contribution in [0.4, 0.5) is 0 Å². The molecule has 31 heavy (non-hydrogen) atoms. The van der Waals surface area contributed by atoms with Crippen LogP contribution in [0.2, 0.25) is 0 Å². The molecule has 1 aromatic carbocycles. The first-order valence-corrected chi connectivity index (χ1v) is 11.5. The van der Waals surface area contributed by atoms with Gasteiger partial charge in [0.1, 0.15) is 17.9 Å². The van der Waals surface area contributed by atoms with E-state index in [0.29, 0.717) is 31.0 Å². The van der Waals surface area contributed by atoms with Crippen molar-refractivity contribution in [2.24, 2.45) is 0 Å². The number of carbonyl (C=O) groups is 2. The SMILES string of the molecule is C=C1CCC(N2Cc3cc(O[C@@H]4CCCC[C@@H]4N4CCOCC4)ccc3C2=O)C(=O)N1. The van der Waals surface area contributed by atoms with E-state index in [1.807, 2.05) is 18.2 Å². The molecule has 0 aromatic heterocycles. The third-order valence-electron chi connectivity index (χ3n) is 7.08. The van der Waals surface area contributed by atoms with E-state index in [0.717, 1.165) is 56.2 Å². The molecule has 7 nitrogen and oxygen atoms in total. The van der Waals surface area contributed by atoms with Crippen LogP contribution in [0.3, 0.4) is 0 Å². The summed E-state index contributed by atoms with van der Waals surface area (Å²) in [6.07, 6.45) is 6.12. The fourth-order valence-corrected chi connectivity index (χ4v) is 5.42. The number of allylic oxidation sites excluding steroid dienone is 1. The van der Waals surface area contributed by atoms with E-state index in [2.05, 4.69) is 16.8 Å². The first-order chi connectivity index (χ1) is 15.1. The smallest absolute Gasteiger partial charge is 0.255 e. The summed E-state index contributed by atoms with van der Waals surface area (Å²) in [5.41, 5.74) is 2.35. The molecule has 7 heteroatoms. The number of fused-ring (bicyclic) bond motifs is 1. The van der Waals surface area contributed by atoms with E-state index >= 15 is 0 Å². The van der Waals surface area contributed by atoms with Gasteiger partial charge in [0.05, 0.1) is 13.2 Å². The van der Waals surface area contributed by atoms with Gasteiger partial charge in [0.25, 0.3) is 5.91 Å². The van der Waals surface area contributed by atoms with Crippen molar-refractivity contribution in [1.82, 2.24) is 15.1 Å². The molecule has 1 saturated carbocycles. The van der Waals surface area contributed by atoms with Crippen molar-refractivity contribution in [2.45, 2.75) is 63.3 Å². The predicted octanol–water partition coefficient (Wildman–Crippen LogP) is 2.46. The molecule has 3 atom stereocenters. The maximum Gasteiger partial charge on any atom is 0.255 e. The summed E-state index contributed by atoms with van der Waals surface area (Å²) in [6, 6.07) is 5.76. The number of nitrogens with zero attached hydrogens (tertiary/aromatic N) is 2. The van der Waals surface area contributed by atoms with Gasteiger partial charge in [-0.25, -0.2) is 0 Å². The Morgan fingerprint density at radius 3 is 2.71 bits per heavy atom. The van der Waals surface area contributed by atoms with Crippen molar-refractivity contribution in [3.8, 4) is 5.75 Å². The minimum absolute atomic E-state index is 0.0712. The molecule has 0 bridgehead atoms. The van der Waals surface area contributed by atoms with Gasteiger partial charge in [0.2, 0.25) is 5.91 Å². The molecule has 5 rings (SSSR count). The van der Waals surface area contributed by atoms with Crippen LogP contribution in [-0.4, -0.2) is 66.1 Å². The van der Waals surface area contributed by atoms with Gasteiger partial charge in [0, 0.05) is 36.9 Å². The summed E-state index contributed by atoms with van der Waals surface area (Å²) in [5.74, 6) is 0.613. The second-order valence-electron chi connectivity index (χ2n) is 9.06. The molecular weight excluding hydrogens is 394 g/mol. The Balaban J connectivity index is 1.29. The highest BCUT2D eigenvalue weighted by Gasteiger charge is 2.38.